The van der Waals surface area contributed by atoms with Crippen molar-refractivity contribution in [3.05, 3.63) is 17.2 Å². The summed E-state index contributed by atoms with van der Waals surface area (Å²) in [5.41, 5.74) is 1.06. The number of thiazole rings is 1. The molecule has 1 amide bonds. The number of carbonyl (C=O) groups excluding carboxylic acids is 1. The Morgan fingerprint density at radius 3 is 2.81 bits per heavy atom. The van der Waals surface area contributed by atoms with E-state index < -0.39 is 11.7 Å². The lowest BCUT2D eigenvalue weighted by Crippen LogP contribution is -2.39. The summed E-state index contributed by atoms with van der Waals surface area (Å²) in [7, 11) is 0. The van der Waals surface area contributed by atoms with E-state index in [-0.39, 0.29) is 0 Å². The average molecular weight is 413 g/mol. The number of anilines is 2. The number of amides is 1. The maximum Gasteiger partial charge on any atom is 0.413 e. The fourth-order valence-electron chi connectivity index (χ4n) is 2.70. The normalized spacial score (nSPS) is 15.7. The van der Waals surface area contributed by atoms with Crippen LogP contribution in [-0.2, 0) is 9.47 Å². The van der Waals surface area contributed by atoms with Crippen LogP contribution in [0.3, 0.4) is 0 Å². The number of ether oxygens (including phenoxy) is 2. The maximum absolute atomic E-state index is 11.9. The van der Waals surface area contributed by atoms with E-state index in [2.05, 4.69) is 20.5 Å². The molecule has 1 saturated heterocycles. The molecule has 1 fully saturated rings. The predicted molar refractivity (Wildman–Crippen MR) is 110 cm³/mol. The number of hydrogen-bond donors (Lipinski definition) is 2. The highest BCUT2D eigenvalue weighted by molar-refractivity contribution is 7.22. The van der Waals surface area contributed by atoms with E-state index in [9.17, 15) is 4.79 Å². The van der Waals surface area contributed by atoms with Gasteiger partial charge in [-0.15, -0.1) is 0 Å². The molecule has 0 radical (unpaired) electrons. The Kier molecular flexibility index (Phi) is 6.41. The van der Waals surface area contributed by atoms with Crippen LogP contribution in [0, 0.1) is 0 Å². The number of nitrogens with zero attached hydrogens (tertiary/aromatic N) is 2. The number of rotatable bonds is 5. The molecule has 148 valence electrons. The molecule has 1 aromatic heterocycles. The number of fused-ring (bicyclic) bond motifs is 1. The van der Waals surface area contributed by atoms with Gasteiger partial charge in [0.15, 0.2) is 5.13 Å². The summed E-state index contributed by atoms with van der Waals surface area (Å²) in [4.78, 5) is 18.7. The smallest absolute Gasteiger partial charge is 0.413 e. The topological polar surface area (TPSA) is 75.7 Å². The third-order valence-corrected chi connectivity index (χ3v) is 5.18. The lowest BCUT2D eigenvalue weighted by molar-refractivity contribution is 0.0398. The van der Waals surface area contributed by atoms with Gasteiger partial charge in [-0.3, -0.25) is 10.2 Å². The lowest BCUT2D eigenvalue weighted by atomic mass is 10.2. The maximum atomic E-state index is 11.9. The van der Waals surface area contributed by atoms with Crippen molar-refractivity contribution < 1.29 is 14.3 Å². The third-order valence-electron chi connectivity index (χ3n) is 3.93. The molecule has 2 heterocycles. The molecule has 9 heteroatoms. The van der Waals surface area contributed by atoms with Crippen LogP contribution in [0.2, 0.25) is 5.02 Å². The zero-order valence-electron chi connectivity index (χ0n) is 15.8. The van der Waals surface area contributed by atoms with Crippen LogP contribution in [0.25, 0.3) is 10.2 Å². The molecule has 0 atom stereocenters. The van der Waals surface area contributed by atoms with Crippen molar-refractivity contribution in [1.82, 2.24) is 9.88 Å². The molecule has 3 rings (SSSR count). The Morgan fingerprint density at radius 1 is 1.37 bits per heavy atom. The largest absolute Gasteiger partial charge is 0.444 e. The molecule has 0 bridgehead atoms. The van der Waals surface area contributed by atoms with Gasteiger partial charge in [0.05, 0.1) is 34.1 Å². The van der Waals surface area contributed by atoms with E-state index in [1.54, 1.807) is 0 Å². The Hall–Kier alpha value is -1.61. The first-order chi connectivity index (χ1) is 12.8. The number of aromatic nitrogens is 1. The van der Waals surface area contributed by atoms with Crippen LogP contribution in [0.5, 0.6) is 0 Å². The first-order valence-corrected chi connectivity index (χ1v) is 10.1. The van der Waals surface area contributed by atoms with Crippen LogP contribution < -0.4 is 10.6 Å². The van der Waals surface area contributed by atoms with Crippen molar-refractivity contribution in [2.75, 3.05) is 50.0 Å². The van der Waals surface area contributed by atoms with Crippen LogP contribution >= 0.6 is 22.9 Å². The number of halogens is 1. The Labute approximate surface area is 168 Å². The Balaban J connectivity index is 1.62. The summed E-state index contributed by atoms with van der Waals surface area (Å²) in [5, 5.41) is 7.16. The third kappa shape index (κ3) is 5.93. The molecule has 0 aliphatic carbocycles. The van der Waals surface area contributed by atoms with E-state index in [4.69, 9.17) is 21.1 Å². The summed E-state index contributed by atoms with van der Waals surface area (Å²) in [6, 6.07) is 3.78. The van der Waals surface area contributed by atoms with Gasteiger partial charge in [0.25, 0.3) is 0 Å². The number of benzene rings is 1. The molecule has 0 spiro atoms. The summed E-state index contributed by atoms with van der Waals surface area (Å²) in [6.07, 6.45) is -0.517. The van der Waals surface area contributed by atoms with Gasteiger partial charge in [0, 0.05) is 26.2 Å². The van der Waals surface area contributed by atoms with Crippen LogP contribution in [0.4, 0.5) is 15.6 Å². The second-order valence-corrected chi connectivity index (χ2v) is 8.76. The van der Waals surface area contributed by atoms with Gasteiger partial charge in [-0.1, -0.05) is 22.9 Å². The number of nitrogens with one attached hydrogen (secondary N) is 2. The summed E-state index contributed by atoms with van der Waals surface area (Å²) in [5.74, 6) is 0. The van der Waals surface area contributed by atoms with Gasteiger partial charge >= 0.3 is 6.09 Å². The van der Waals surface area contributed by atoms with E-state index in [1.807, 2.05) is 32.9 Å². The summed E-state index contributed by atoms with van der Waals surface area (Å²) >= 11 is 7.77. The van der Waals surface area contributed by atoms with E-state index in [0.29, 0.717) is 10.2 Å². The highest BCUT2D eigenvalue weighted by atomic mass is 35.5. The van der Waals surface area contributed by atoms with Crippen molar-refractivity contribution in [1.29, 1.82) is 0 Å². The van der Waals surface area contributed by atoms with Gasteiger partial charge in [0.2, 0.25) is 0 Å². The van der Waals surface area contributed by atoms with Gasteiger partial charge in [-0.25, -0.2) is 9.78 Å². The zero-order chi connectivity index (χ0) is 19.4. The monoisotopic (exact) mass is 412 g/mol. The van der Waals surface area contributed by atoms with Gasteiger partial charge in [-0.2, -0.15) is 0 Å². The van der Waals surface area contributed by atoms with Gasteiger partial charge in [-0.05, 0) is 32.9 Å². The molecule has 0 saturated carbocycles. The van der Waals surface area contributed by atoms with Crippen LogP contribution in [0.1, 0.15) is 20.8 Å². The second kappa shape index (κ2) is 8.60. The molecule has 1 aromatic carbocycles. The average Bonchev–Trinajstić information content (AvgIpc) is 2.95. The standard InChI is InChI=1S/C18H25ClN4O3S/c1-18(2,3)26-17(24)22-16-21-14-10-12(19)13(11-15(14)27-16)20-4-5-23-6-8-25-9-7-23/h10-11,20H,4-9H2,1-3H3,(H,21,22,24). The molecule has 2 N–H and O–H groups in total. The Bertz CT molecular complexity index is 800. The second-order valence-electron chi connectivity index (χ2n) is 7.33. The minimum Gasteiger partial charge on any atom is -0.444 e. The van der Waals surface area contributed by atoms with Crippen molar-refractivity contribution in [3.8, 4) is 0 Å². The molecule has 7 nitrogen and oxygen atoms in total. The first-order valence-electron chi connectivity index (χ1n) is 8.94. The molecule has 0 unspecified atom stereocenters. The minimum absolute atomic E-state index is 0.487. The fourth-order valence-corrected chi connectivity index (χ4v) is 3.80. The Morgan fingerprint density at radius 2 is 2.11 bits per heavy atom. The van der Waals surface area contributed by atoms with Crippen LogP contribution in [-0.4, -0.2) is 61.0 Å². The van der Waals surface area contributed by atoms with Gasteiger partial charge < -0.3 is 14.8 Å². The zero-order valence-corrected chi connectivity index (χ0v) is 17.4. The number of carbonyl (C=O) groups is 1. The van der Waals surface area contributed by atoms with Crippen molar-refractivity contribution >= 4 is 50.1 Å². The van der Waals surface area contributed by atoms with E-state index in [1.165, 1.54) is 11.3 Å². The lowest BCUT2D eigenvalue weighted by Gasteiger charge is -2.26. The predicted octanol–water partition coefficient (Wildman–Crippen LogP) is 4.04. The number of hydrogen-bond acceptors (Lipinski definition) is 7. The highest BCUT2D eigenvalue weighted by Crippen LogP contribution is 2.33. The SMILES string of the molecule is CC(C)(C)OC(=O)Nc1nc2cc(Cl)c(NCCN3CCOCC3)cc2s1. The minimum atomic E-state index is -0.554. The summed E-state index contributed by atoms with van der Waals surface area (Å²) < 4.78 is 11.6. The molecular weight excluding hydrogens is 388 g/mol. The van der Waals surface area contributed by atoms with Gasteiger partial charge in [0.1, 0.15) is 5.60 Å². The highest BCUT2D eigenvalue weighted by Gasteiger charge is 2.18. The molecule has 1 aliphatic heterocycles. The fraction of sp³-hybridized carbons (Fsp3) is 0.556. The molecule has 27 heavy (non-hydrogen) atoms. The van der Waals surface area contributed by atoms with E-state index >= 15 is 0 Å². The quantitative estimate of drug-likeness (QED) is 0.771. The van der Waals surface area contributed by atoms with Crippen molar-refractivity contribution in [3.63, 3.8) is 0 Å². The van der Waals surface area contributed by atoms with Crippen molar-refractivity contribution in [2.24, 2.45) is 0 Å². The summed E-state index contributed by atoms with van der Waals surface area (Å²) in [6.45, 7) is 10.7. The molecule has 2 aromatic rings. The van der Waals surface area contributed by atoms with Crippen molar-refractivity contribution in [2.45, 2.75) is 26.4 Å². The molecular formula is C18H25ClN4O3S. The first kappa shape index (κ1) is 20.1. The number of morpholine rings is 1. The van der Waals surface area contributed by atoms with E-state index in [0.717, 1.165) is 55.3 Å². The van der Waals surface area contributed by atoms with Crippen LogP contribution in [0.15, 0.2) is 12.1 Å². The molecule has 1 aliphatic rings.